The summed E-state index contributed by atoms with van der Waals surface area (Å²) in [5, 5.41) is 3.01. The molecule has 2 amide bonds. The number of methoxy groups -OCH3 is 1. The van der Waals surface area contributed by atoms with E-state index in [2.05, 4.69) is 15.3 Å². The molecule has 0 unspecified atom stereocenters. The second kappa shape index (κ2) is 10.0. The number of hydrogen-bond acceptors (Lipinski definition) is 5. The van der Waals surface area contributed by atoms with Crippen molar-refractivity contribution in [2.75, 3.05) is 20.2 Å². The van der Waals surface area contributed by atoms with Crippen LogP contribution in [0.15, 0.2) is 67.3 Å². The van der Waals surface area contributed by atoms with E-state index in [-0.39, 0.29) is 17.7 Å². The van der Waals surface area contributed by atoms with Gasteiger partial charge in [-0.25, -0.2) is 9.97 Å². The first kappa shape index (κ1) is 21.5. The van der Waals surface area contributed by atoms with Crippen LogP contribution in [0.2, 0.25) is 0 Å². The largest absolute Gasteiger partial charge is 0.496 e. The number of carbonyl (C=O) groups excluding carboxylic acids is 2. The molecule has 1 N–H and O–H groups in total. The number of amides is 2. The first-order chi connectivity index (χ1) is 15.7. The van der Waals surface area contributed by atoms with Gasteiger partial charge in [-0.2, -0.15) is 0 Å². The third kappa shape index (κ3) is 4.94. The highest BCUT2D eigenvalue weighted by Gasteiger charge is 2.27. The van der Waals surface area contributed by atoms with Crippen molar-refractivity contribution in [3.63, 3.8) is 0 Å². The standard InChI is InChI=1S/C25H26N4O3/c1-32-23-5-3-2-4-21(23)16-28-24(30)19-10-12-29(13-11-19)25(31)20-8-6-18(7-9-20)22-14-26-17-27-15-22/h2-9,14-15,17,19H,10-13,16H2,1H3,(H,28,30). The number of likely N-dealkylation sites (tertiary alicyclic amines) is 1. The molecule has 0 radical (unpaired) electrons. The van der Waals surface area contributed by atoms with Crippen LogP contribution < -0.4 is 10.1 Å². The van der Waals surface area contributed by atoms with Gasteiger partial charge in [0.1, 0.15) is 12.1 Å². The Bertz CT molecular complexity index is 1060. The van der Waals surface area contributed by atoms with E-state index in [0.717, 1.165) is 22.4 Å². The summed E-state index contributed by atoms with van der Waals surface area (Å²) < 4.78 is 5.34. The first-order valence-electron chi connectivity index (χ1n) is 10.7. The molecule has 0 bridgehead atoms. The Morgan fingerprint density at radius 3 is 2.38 bits per heavy atom. The van der Waals surface area contributed by atoms with Gasteiger partial charge in [0.15, 0.2) is 0 Å². The fraction of sp³-hybridized carbons (Fsp3) is 0.280. The second-order valence-corrected chi connectivity index (χ2v) is 7.80. The molecule has 0 spiro atoms. The van der Waals surface area contributed by atoms with Crippen LogP contribution in [-0.2, 0) is 11.3 Å². The molecule has 1 aliphatic rings. The van der Waals surface area contributed by atoms with Crippen molar-refractivity contribution in [1.29, 1.82) is 0 Å². The summed E-state index contributed by atoms with van der Waals surface area (Å²) >= 11 is 0. The SMILES string of the molecule is COc1ccccc1CNC(=O)C1CCN(C(=O)c2ccc(-c3cncnc3)cc2)CC1. The molecule has 0 saturated carbocycles. The summed E-state index contributed by atoms with van der Waals surface area (Å²) in [6, 6.07) is 15.1. The molecule has 7 nitrogen and oxygen atoms in total. The molecule has 1 aliphatic heterocycles. The average Bonchev–Trinajstić information content (AvgIpc) is 2.87. The summed E-state index contributed by atoms with van der Waals surface area (Å²) in [5.41, 5.74) is 3.46. The van der Waals surface area contributed by atoms with Crippen LogP contribution in [0, 0.1) is 5.92 Å². The van der Waals surface area contributed by atoms with Crippen molar-refractivity contribution < 1.29 is 14.3 Å². The van der Waals surface area contributed by atoms with Gasteiger partial charge in [0.2, 0.25) is 5.91 Å². The van der Waals surface area contributed by atoms with Crippen molar-refractivity contribution in [2.45, 2.75) is 19.4 Å². The molecule has 2 heterocycles. The lowest BCUT2D eigenvalue weighted by Gasteiger charge is -2.31. The van der Waals surface area contributed by atoms with Gasteiger partial charge in [-0.15, -0.1) is 0 Å². The third-order valence-electron chi connectivity index (χ3n) is 5.82. The minimum Gasteiger partial charge on any atom is -0.496 e. The first-order valence-corrected chi connectivity index (χ1v) is 10.7. The molecule has 0 aliphatic carbocycles. The molecule has 1 fully saturated rings. The van der Waals surface area contributed by atoms with Crippen LogP contribution in [0.3, 0.4) is 0 Å². The lowest BCUT2D eigenvalue weighted by atomic mass is 9.95. The highest BCUT2D eigenvalue weighted by molar-refractivity contribution is 5.95. The maximum absolute atomic E-state index is 12.9. The average molecular weight is 431 g/mol. The zero-order valence-corrected chi connectivity index (χ0v) is 18.0. The molecule has 7 heteroatoms. The zero-order valence-electron chi connectivity index (χ0n) is 18.0. The molecule has 3 aromatic rings. The maximum atomic E-state index is 12.9. The van der Waals surface area contributed by atoms with E-state index in [1.807, 2.05) is 53.4 Å². The number of nitrogens with one attached hydrogen (secondary N) is 1. The lowest BCUT2D eigenvalue weighted by Crippen LogP contribution is -2.42. The zero-order chi connectivity index (χ0) is 22.3. The summed E-state index contributed by atoms with van der Waals surface area (Å²) in [6.07, 6.45) is 6.29. The number of ether oxygens (including phenoxy) is 1. The number of nitrogens with zero attached hydrogens (tertiary/aromatic N) is 3. The Morgan fingerprint density at radius 1 is 1.00 bits per heavy atom. The van der Waals surface area contributed by atoms with E-state index in [1.165, 1.54) is 6.33 Å². The van der Waals surface area contributed by atoms with E-state index >= 15 is 0 Å². The third-order valence-corrected chi connectivity index (χ3v) is 5.82. The molecule has 2 aromatic carbocycles. The topological polar surface area (TPSA) is 84.4 Å². The smallest absolute Gasteiger partial charge is 0.253 e. The van der Waals surface area contributed by atoms with E-state index in [9.17, 15) is 9.59 Å². The van der Waals surface area contributed by atoms with Gasteiger partial charge in [0, 0.05) is 54.6 Å². The normalized spacial score (nSPS) is 14.1. The molecule has 164 valence electrons. The Morgan fingerprint density at radius 2 is 1.69 bits per heavy atom. The van der Waals surface area contributed by atoms with Crippen LogP contribution in [0.5, 0.6) is 5.75 Å². The number of benzene rings is 2. The Balaban J connectivity index is 1.29. The van der Waals surface area contributed by atoms with Gasteiger partial charge in [0.05, 0.1) is 7.11 Å². The number of para-hydroxylation sites is 1. The molecule has 1 aromatic heterocycles. The van der Waals surface area contributed by atoms with E-state index in [1.54, 1.807) is 19.5 Å². The summed E-state index contributed by atoms with van der Waals surface area (Å²) in [4.78, 5) is 35.4. The van der Waals surface area contributed by atoms with Crippen LogP contribution in [0.1, 0.15) is 28.8 Å². The van der Waals surface area contributed by atoms with Crippen LogP contribution in [0.4, 0.5) is 0 Å². The van der Waals surface area contributed by atoms with Crippen LogP contribution in [0.25, 0.3) is 11.1 Å². The van der Waals surface area contributed by atoms with Gasteiger partial charge < -0.3 is 15.0 Å². The second-order valence-electron chi connectivity index (χ2n) is 7.80. The summed E-state index contributed by atoms with van der Waals surface area (Å²) in [6.45, 7) is 1.57. The predicted octanol–water partition coefficient (Wildman–Crippen LogP) is 3.32. The van der Waals surface area contributed by atoms with Gasteiger partial charge in [-0.05, 0) is 36.6 Å². The molecule has 4 rings (SSSR count). The van der Waals surface area contributed by atoms with Gasteiger partial charge in [-0.3, -0.25) is 9.59 Å². The highest BCUT2D eigenvalue weighted by Crippen LogP contribution is 2.22. The number of hydrogen-bond donors (Lipinski definition) is 1. The Kier molecular flexibility index (Phi) is 6.75. The molecular formula is C25H26N4O3. The van der Waals surface area contributed by atoms with Gasteiger partial charge in [-0.1, -0.05) is 30.3 Å². The fourth-order valence-corrected chi connectivity index (χ4v) is 3.96. The minimum atomic E-state index is -0.0887. The fourth-order valence-electron chi connectivity index (χ4n) is 3.96. The molecule has 32 heavy (non-hydrogen) atoms. The van der Waals surface area contributed by atoms with E-state index in [4.69, 9.17) is 4.74 Å². The number of aromatic nitrogens is 2. The van der Waals surface area contributed by atoms with Gasteiger partial charge >= 0.3 is 0 Å². The van der Waals surface area contributed by atoms with E-state index in [0.29, 0.717) is 38.0 Å². The molecule has 1 saturated heterocycles. The Labute approximate surface area is 187 Å². The van der Waals surface area contributed by atoms with Crippen LogP contribution >= 0.6 is 0 Å². The van der Waals surface area contributed by atoms with E-state index < -0.39 is 0 Å². The molecule has 0 atom stereocenters. The molecular weight excluding hydrogens is 404 g/mol. The summed E-state index contributed by atoms with van der Waals surface area (Å²) in [7, 11) is 1.62. The maximum Gasteiger partial charge on any atom is 0.253 e. The van der Waals surface area contributed by atoms with Crippen molar-refractivity contribution >= 4 is 11.8 Å². The lowest BCUT2D eigenvalue weighted by molar-refractivity contribution is -0.126. The number of carbonyl (C=O) groups is 2. The Hall–Kier alpha value is -3.74. The number of piperidine rings is 1. The van der Waals surface area contributed by atoms with Crippen molar-refractivity contribution in [3.05, 3.63) is 78.4 Å². The quantitative estimate of drug-likeness (QED) is 0.649. The predicted molar refractivity (Wildman–Crippen MR) is 121 cm³/mol. The van der Waals surface area contributed by atoms with Gasteiger partial charge in [0.25, 0.3) is 5.91 Å². The van der Waals surface area contributed by atoms with Crippen molar-refractivity contribution in [2.24, 2.45) is 5.92 Å². The number of rotatable bonds is 6. The summed E-state index contributed by atoms with van der Waals surface area (Å²) in [5.74, 6) is 0.694. The monoisotopic (exact) mass is 430 g/mol. The minimum absolute atomic E-state index is 0.00579. The van der Waals surface area contributed by atoms with Crippen molar-refractivity contribution in [1.82, 2.24) is 20.2 Å². The van der Waals surface area contributed by atoms with Crippen LogP contribution in [-0.4, -0.2) is 46.9 Å². The highest BCUT2D eigenvalue weighted by atomic mass is 16.5. The van der Waals surface area contributed by atoms with Crippen molar-refractivity contribution in [3.8, 4) is 16.9 Å².